The van der Waals surface area contributed by atoms with Crippen molar-refractivity contribution >= 4 is 28.8 Å². The van der Waals surface area contributed by atoms with E-state index in [1.165, 1.54) is 11.8 Å². The minimum atomic E-state index is -0.213. The Morgan fingerprint density at radius 1 is 1.50 bits per heavy atom. The van der Waals surface area contributed by atoms with Gasteiger partial charge < -0.3 is 10.2 Å². The van der Waals surface area contributed by atoms with E-state index in [1.54, 1.807) is 23.5 Å². The van der Waals surface area contributed by atoms with E-state index in [4.69, 9.17) is 11.6 Å². The number of carbonyl (C=O) groups is 1. The van der Waals surface area contributed by atoms with Crippen molar-refractivity contribution in [2.45, 2.75) is 6.04 Å². The lowest BCUT2D eigenvalue weighted by Crippen LogP contribution is -2.34. The van der Waals surface area contributed by atoms with Gasteiger partial charge in [0.25, 0.3) is 5.91 Å². The van der Waals surface area contributed by atoms with Gasteiger partial charge in [-0.3, -0.25) is 9.78 Å². The smallest absolute Gasteiger partial charge is 0.269 e. The van der Waals surface area contributed by atoms with Gasteiger partial charge in [-0.15, -0.1) is 0 Å². The van der Waals surface area contributed by atoms with Crippen LogP contribution in [0.25, 0.3) is 0 Å². The molecule has 0 saturated heterocycles. The third kappa shape index (κ3) is 3.79. The molecule has 0 aliphatic heterocycles. The van der Waals surface area contributed by atoms with Gasteiger partial charge in [-0.2, -0.15) is 11.3 Å². The first-order chi connectivity index (χ1) is 9.58. The average Bonchev–Trinajstić information content (AvgIpc) is 2.92. The van der Waals surface area contributed by atoms with Crippen molar-refractivity contribution in [2.75, 3.05) is 20.6 Å². The third-order valence-corrected chi connectivity index (χ3v) is 3.90. The standard InChI is InChI=1S/C14H16ClN3OS/c1-18(2)13(10-4-6-20-9-10)8-17-14(19)12-7-11(15)3-5-16-12/h3-7,9,13H,8H2,1-2H3,(H,17,19)/t13-/m0/s1. The maximum atomic E-state index is 12.0. The Labute approximate surface area is 127 Å². The van der Waals surface area contributed by atoms with Crippen molar-refractivity contribution in [3.8, 4) is 0 Å². The molecule has 0 unspecified atom stereocenters. The molecule has 0 fully saturated rings. The highest BCUT2D eigenvalue weighted by Gasteiger charge is 2.16. The van der Waals surface area contributed by atoms with E-state index in [-0.39, 0.29) is 11.9 Å². The summed E-state index contributed by atoms with van der Waals surface area (Å²) in [5.74, 6) is -0.213. The quantitative estimate of drug-likeness (QED) is 0.924. The van der Waals surface area contributed by atoms with Crippen molar-refractivity contribution in [1.82, 2.24) is 15.2 Å². The number of rotatable bonds is 5. The second-order valence-electron chi connectivity index (χ2n) is 4.61. The number of carbonyl (C=O) groups excluding carboxylic acids is 1. The fourth-order valence-corrected chi connectivity index (χ4v) is 2.74. The van der Waals surface area contributed by atoms with Crippen LogP contribution in [0.4, 0.5) is 0 Å². The zero-order valence-corrected chi connectivity index (χ0v) is 12.9. The lowest BCUT2D eigenvalue weighted by atomic mass is 10.1. The van der Waals surface area contributed by atoms with Gasteiger partial charge in [0.15, 0.2) is 0 Å². The van der Waals surface area contributed by atoms with Crippen LogP contribution in [0.15, 0.2) is 35.2 Å². The maximum Gasteiger partial charge on any atom is 0.269 e. The van der Waals surface area contributed by atoms with Crippen LogP contribution in [0.5, 0.6) is 0 Å². The molecule has 0 radical (unpaired) electrons. The summed E-state index contributed by atoms with van der Waals surface area (Å²) in [6, 6.07) is 5.42. The Balaban J connectivity index is 2.01. The molecule has 1 atom stereocenters. The molecule has 106 valence electrons. The maximum absolute atomic E-state index is 12.0. The number of aromatic nitrogens is 1. The fraction of sp³-hybridized carbons (Fsp3) is 0.286. The highest BCUT2D eigenvalue weighted by molar-refractivity contribution is 7.07. The van der Waals surface area contributed by atoms with E-state index in [2.05, 4.69) is 26.6 Å². The normalized spacial score (nSPS) is 12.4. The molecule has 2 aromatic heterocycles. The number of nitrogens with one attached hydrogen (secondary N) is 1. The lowest BCUT2D eigenvalue weighted by Gasteiger charge is -2.23. The van der Waals surface area contributed by atoms with Crippen molar-refractivity contribution in [3.05, 3.63) is 51.4 Å². The zero-order chi connectivity index (χ0) is 14.5. The second-order valence-corrected chi connectivity index (χ2v) is 5.82. The monoisotopic (exact) mass is 309 g/mol. The van der Waals surface area contributed by atoms with Gasteiger partial charge in [0.1, 0.15) is 5.69 Å². The molecule has 1 N–H and O–H groups in total. The lowest BCUT2D eigenvalue weighted by molar-refractivity contribution is 0.0937. The topological polar surface area (TPSA) is 45.2 Å². The molecule has 4 nitrogen and oxygen atoms in total. The molecule has 6 heteroatoms. The van der Waals surface area contributed by atoms with Crippen molar-refractivity contribution in [2.24, 2.45) is 0 Å². The Kier molecular flexibility index (Phi) is 5.11. The van der Waals surface area contributed by atoms with E-state index in [0.29, 0.717) is 17.3 Å². The largest absolute Gasteiger partial charge is 0.349 e. The highest BCUT2D eigenvalue weighted by atomic mass is 35.5. The zero-order valence-electron chi connectivity index (χ0n) is 11.3. The van der Waals surface area contributed by atoms with Crippen LogP contribution in [-0.4, -0.2) is 36.4 Å². The van der Waals surface area contributed by atoms with Crippen molar-refractivity contribution in [1.29, 1.82) is 0 Å². The number of hydrogen-bond acceptors (Lipinski definition) is 4. The highest BCUT2D eigenvalue weighted by Crippen LogP contribution is 2.20. The molecule has 0 bridgehead atoms. The summed E-state index contributed by atoms with van der Waals surface area (Å²) < 4.78 is 0. The third-order valence-electron chi connectivity index (χ3n) is 2.96. The first-order valence-electron chi connectivity index (χ1n) is 6.16. The molecule has 2 aromatic rings. The SMILES string of the molecule is CN(C)[C@@H](CNC(=O)c1cc(Cl)ccn1)c1ccsc1. The average molecular weight is 310 g/mol. The summed E-state index contributed by atoms with van der Waals surface area (Å²) in [5.41, 5.74) is 1.53. The number of likely N-dealkylation sites (N-methyl/N-ethyl adjacent to an activating group) is 1. The van der Waals surface area contributed by atoms with E-state index in [0.717, 1.165) is 0 Å². The molecule has 0 aliphatic carbocycles. The van der Waals surface area contributed by atoms with Crippen LogP contribution in [0.1, 0.15) is 22.1 Å². The Bertz CT molecular complexity index is 572. The summed E-state index contributed by atoms with van der Waals surface area (Å²) in [5, 5.41) is 7.53. The summed E-state index contributed by atoms with van der Waals surface area (Å²) in [7, 11) is 3.98. The first kappa shape index (κ1) is 15.0. The van der Waals surface area contributed by atoms with E-state index in [9.17, 15) is 4.79 Å². The predicted molar refractivity (Wildman–Crippen MR) is 82.3 cm³/mol. The van der Waals surface area contributed by atoms with Gasteiger partial charge in [0, 0.05) is 17.8 Å². The number of amides is 1. The van der Waals surface area contributed by atoms with Gasteiger partial charge in [0.2, 0.25) is 0 Å². The summed E-state index contributed by atoms with van der Waals surface area (Å²) in [6.07, 6.45) is 1.53. The van der Waals surface area contributed by atoms with Gasteiger partial charge >= 0.3 is 0 Å². The molecule has 0 saturated carbocycles. The molecule has 2 heterocycles. The van der Waals surface area contributed by atoms with Crippen LogP contribution >= 0.6 is 22.9 Å². The molecule has 0 aromatic carbocycles. The van der Waals surface area contributed by atoms with E-state index >= 15 is 0 Å². The van der Waals surface area contributed by atoms with E-state index < -0.39 is 0 Å². The molecular weight excluding hydrogens is 294 g/mol. The van der Waals surface area contributed by atoms with Gasteiger partial charge in [-0.1, -0.05) is 11.6 Å². The van der Waals surface area contributed by atoms with Crippen LogP contribution < -0.4 is 5.32 Å². The molecular formula is C14H16ClN3OS. The predicted octanol–water partition coefficient (Wildman–Crippen LogP) is 2.83. The Hall–Kier alpha value is -1.43. The van der Waals surface area contributed by atoms with Gasteiger partial charge in [-0.25, -0.2) is 0 Å². The van der Waals surface area contributed by atoms with Crippen molar-refractivity contribution in [3.63, 3.8) is 0 Å². The first-order valence-corrected chi connectivity index (χ1v) is 7.48. The molecule has 0 spiro atoms. The Morgan fingerprint density at radius 3 is 2.90 bits per heavy atom. The number of thiophene rings is 1. The van der Waals surface area contributed by atoms with Crippen LogP contribution in [-0.2, 0) is 0 Å². The number of hydrogen-bond donors (Lipinski definition) is 1. The molecule has 20 heavy (non-hydrogen) atoms. The minimum absolute atomic E-state index is 0.143. The van der Waals surface area contributed by atoms with Crippen LogP contribution in [0.2, 0.25) is 5.02 Å². The van der Waals surface area contributed by atoms with E-state index in [1.807, 2.05) is 19.5 Å². The number of nitrogens with zero attached hydrogens (tertiary/aromatic N) is 2. The second kappa shape index (κ2) is 6.83. The number of halogens is 1. The minimum Gasteiger partial charge on any atom is -0.349 e. The molecule has 1 amide bonds. The summed E-state index contributed by atoms with van der Waals surface area (Å²) in [4.78, 5) is 18.1. The number of pyridine rings is 1. The van der Waals surface area contributed by atoms with Crippen LogP contribution in [0, 0.1) is 0 Å². The molecule has 2 rings (SSSR count). The Morgan fingerprint density at radius 2 is 2.30 bits per heavy atom. The summed E-state index contributed by atoms with van der Waals surface area (Å²) >= 11 is 7.51. The van der Waals surface area contributed by atoms with Crippen molar-refractivity contribution < 1.29 is 4.79 Å². The van der Waals surface area contributed by atoms with Gasteiger partial charge in [0.05, 0.1) is 6.04 Å². The fourth-order valence-electron chi connectivity index (χ4n) is 1.87. The summed E-state index contributed by atoms with van der Waals surface area (Å²) in [6.45, 7) is 0.525. The van der Waals surface area contributed by atoms with Crippen LogP contribution in [0.3, 0.4) is 0 Å². The molecule has 0 aliphatic rings. The van der Waals surface area contributed by atoms with Gasteiger partial charge in [-0.05, 0) is 48.6 Å².